The molecule has 5 nitrogen and oxygen atoms in total. The minimum Gasteiger partial charge on any atom is -0.454 e. The van der Waals surface area contributed by atoms with E-state index in [-0.39, 0.29) is 6.79 Å². The first kappa shape index (κ1) is 15.9. The SMILES string of the molecule is CSc1cccc2sc(Nc3nc(-c4ccc5c(c4)OCO5)cs3)nc12. The highest BCUT2D eigenvalue weighted by Crippen LogP contribution is 2.38. The second-order valence-electron chi connectivity index (χ2n) is 5.56. The van der Waals surface area contributed by atoms with Crippen LogP contribution in [0.4, 0.5) is 10.3 Å². The third kappa shape index (κ3) is 2.80. The molecule has 0 atom stereocenters. The zero-order chi connectivity index (χ0) is 17.5. The third-order valence-electron chi connectivity index (χ3n) is 3.99. The molecule has 0 saturated carbocycles. The highest BCUT2D eigenvalue weighted by molar-refractivity contribution is 7.98. The molecule has 0 saturated heterocycles. The molecule has 0 radical (unpaired) electrons. The van der Waals surface area contributed by atoms with Gasteiger partial charge >= 0.3 is 0 Å². The van der Waals surface area contributed by atoms with Crippen LogP contribution in [-0.2, 0) is 0 Å². The molecule has 4 aromatic rings. The number of fused-ring (bicyclic) bond motifs is 2. The van der Waals surface area contributed by atoms with Crippen LogP contribution in [-0.4, -0.2) is 23.0 Å². The molecule has 3 heterocycles. The number of rotatable bonds is 4. The summed E-state index contributed by atoms with van der Waals surface area (Å²) >= 11 is 4.91. The van der Waals surface area contributed by atoms with Gasteiger partial charge in [0, 0.05) is 15.8 Å². The predicted octanol–water partition coefficient (Wildman–Crippen LogP) is 5.61. The van der Waals surface area contributed by atoms with Gasteiger partial charge in [0.25, 0.3) is 0 Å². The summed E-state index contributed by atoms with van der Waals surface area (Å²) in [6.45, 7) is 0.276. The summed E-state index contributed by atoms with van der Waals surface area (Å²) in [5.74, 6) is 1.54. The van der Waals surface area contributed by atoms with Gasteiger partial charge < -0.3 is 14.8 Å². The van der Waals surface area contributed by atoms with Crippen molar-refractivity contribution >= 4 is 54.9 Å². The van der Waals surface area contributed by atoms with E-state index in [1.807, 2.05) is 23.6 Å². The second kappa shape index (κ2) is 6.46. The monoisotopic (exact) mass is 399 g/mol. The number of anilines is 2. The molecule has 0 amide bonds. The second-order valence-corrected chi connectivity index (χ2v) is 8.29. The molecule has 0 spiro atoms. The van der Waals surface area contributed by atoms with E-state index >= 15 is 0 Å². The quantitative estimate of drug-likeness (QED) is 0.450. The average molecular weight is 400 g/mol. The van der Waals surface area contributed by atoms with Crippen molar-refractivity contribution in [2.75, 3.05) is 18.4 Å². The van der Waals surface area contributed by atoms with Crippen molar-refractivity contribution in [1.29, 1.82) is 0 Å². The van der Waals surface area contributed by atoms with E-state index in [9.17, 15) is 0 Å². The lowest BCUT2D eigenvalue weighted by atomic mass is 10.1. The standard InChI is InChI=1S/C18H13N3O2S3/c1-24-14-3-2-4-15-16(14)20-18(26-15)21-17-19-11(8-25-17)10-5-6-12-13(7-10)23-9-22-12/h2-8H,9H2,1H3,(H,19,20,21). The van der Waals surface area contributed by atoms with E-state index in [1.54, 1.807) is 34.4 Å². The highest BCUT2D eigenvalue weighted by atomic mass is 32.2. The van der Waals surface area contributed by atoms with Gasteiger partial charge in [-0.2, -0.15) is 0 Å². The average Bonchev–Trinajstić information content (AvgIpc) is 3.39. The van der Waals surface area contributed by atoms with Gasteiger partial charge in [0.1, 0.15) is 0 Å². The number of thioether (sulfide) groups is 1. The van der Waals surface area contributed by atoms with Gasteiger partial charge in [-0.1, -0.05) is 17.4 Å². The molecule has 2 aromatic heterocycles. The third-order valence-corrected chi connectivity index (χ3v) is 6.45. The van der Waals surface area contributed by atoms with Crippen LogP contribution in [0.2, 0.25) is 0 Å². The molecule has 8 heteroatoms. The Morgan fingerprint density at radius 2 is 2.00 bits per heavy atom. The summed E-state index contributed by atoms with van der Waals surface area (Å²) in [5.41, 5.74) is 2.95. The van der Waals surface area contributed by atoms with Crippen LogP contribution in [0.25, 0.3) is 21.5 Å². The van der Waals surface area contributed by atoms with E-state index < -0.39 is 0 Å². The van der Waals surface area contributed by atoms with Gasteiger partial charge in [0.2, 0.25) is 6.79 Å². The van der Waals surface area contributed by atoms with E-state index in [0.29, 0.717) is 0 Å². The highest BCUT2D eigenvalue weighted by Gasteiger charge is 2.15. The molecule has 1 N–H and O–H groups in total. The summed E-state index contributed by atoms with van der Waals surface area (Å²) in [6, 6.07) is 12.1. The maximum absolute atomic E-state index is 5.45. The van der Waals surface area contributed by atoms with Crippen molar-refractivity contribution < 1.29 is 9.47 Å². The van der Waals surface area contributed by atoms with Gasteiger partial charge in [0.05, 0.1) is 15.9 Å². The molecule has 0 bridgehead atoms. The first-order chi connectivity index (χ1) is 12.8. The van der Waals surface area contributed by atoms with Crippen molar-refractivity contribution in [3.63, 3.8) is 0 Å². The molecule has 0 aliphatic carbocycles. The van der Waals surface area contributed by atoms with E-state index in [1.165, 1.54) is 9.60 Å². The zero-order valence-corrected chi connectivity index (χ0v) is 16.1. The largest absolute Gasteiger partial charge is 0.454 e. The fraction of sp³-hybridized carbons (Fsp3) is 0.111. The first-order valence-electron chi connectivity index (χ1n) is 7.86. The molecule has 26 heavy (non-hydrogen) atoms. The van der Waals surface area contributed by atoms with Gasteiger partial charge in [-0.3, -0.25) is 0 Å². The minimum absolute atomic E-state index is 0.276. The summed E-state index contributed by atoms with van der Waals surface area (Å²) < 4.78 is 12.0. The lowest BCUT2D eigenvalue weighted by Crippen LogP contribution is -1.92. The summed E-state index contributed by atoms with van der Waals surface area (Å²) in [7, 11) is 0. The zero-order valence-electron chi connectivity index (χ0n) is 13.7. The Labute approximate surface area is 162 Å². The Bertz CT molecular complexity index is 1110. The molecule has 0 unspecified atom stereocenters. The van der Waals surface area contributed by atoms with Crippen molar-refractivity contribution in [2.24, 2.45) is 0 Å². The summed E-state index contributed by atoms with van der Waals surface area (Å²) in [4.78, 5) is 10.6. The number of hydrogen-bond donors (Lipinski definition) is 1. The van der Waals surface area contributed by atoms with Crippen LogP contribution in [0.1, 0.15) is 0 Å². The van der Waals surface area contributed by atoms with Crippen LogP contribution in [0.15, 0.2) is 46.7 Å². The van der Waals surface area contributed by atoms with Crippen molar-refractivity contribution in [1.82, 2.24) is 9.97 Å². The van der Waals surface area contributed by atoms with Crippen molar-refractivity contribution in [3.8, 4) is 22.8 Å². The van der Waals surface area contributed by atoms with Crippen LogP contribution in [0.5, 0.6) is 11.5 Å². The van der Waals surface area contributed by atoms with Crippen molar-refractivity contribution in [3.05, 3.63) is 41.8 Å². The van der Waals surface area contributed by atoms with Crippen LogP contribution in [0, 0.1) is 0 Å². The molecular formula is C18H13N3O2S3. The van der Waals surface area contributed by atoms with Gasteiger partial charge in [-0.15, -0.1) is 23.1 Å². The number of ether oxygens (including phenoxy) is 2. The first-order valence-corrected chi connectivity index (χ1v) is 10.8. The fourth-order valence-corrected chi connectivity index (χ4v) is 5.06. The van der Waals surface area contributed by atoms with E-state index in [2.05, 4.69) is 34.8 Å². The molecule has 130 valence electrons. The predicted molar refractivity (Wildman–Crippen MR) is 108 cm³/mol. The maximum Gasteiger partial charge on any atom is 0.231 e. The summed E-state index contributed by atoms with van der Waals surface area (Å²) in [5, 5.41) is 7.04. The number of hydrogen-bond acceptors (Lipinski definition) is 8. The Kier molecular flexibility index (Phi) is 3.96. The molecule has 0 fully saturated rings. The Hall–Kier alpha value is -2.29. The molecule has 2 aromatic carbocycles. The van der Waals surface area contributed by atoms with E-state index in [0.717, 1.165) is 38.5 Å². The number of nitrogens with zero attached hydrogens (tertiary/aromatic N) is 2. The molecular weight excluding hydrogens is 386 g/mol. The Balaban J connectivity index is 1.42. The maximum atomic E-state index is 5.45. The fourth-order valence-electron chi connectivity index (χ4n) is 2.75. The normalized spacial score (nSPS) is 12.7. The number of para-hydroxylation sites is 1. The van der Waals surface area contributed by atoms with Crippen LogP contribution >= 0.6 is 34.4 Å². The molecule has 1 aliphatic rings. The van der Waals surface area contributed by atoms with Gasteiger partial charge in [-0.25, -0.2) is 9.97 Å². The lowest BCUT2D eigenvalue weighted by Gasteiger charge is -2.00. The van der Waals surface area contributed by atoms with Crippen molar-refractivity contribution in [2.45, 2.75) is 4.90 Å². The number of aromatic nitrogens is 2. The van der Waals surface area contributed by atoms with E-state index in [4.69, 9.17) is 14.5 Å². The molecule has 1 aliphatic heterocycles. The molecule has 5 rings (SSSR count). The topological polar surface area (TPSA) is 56.3 Å². The van der Waals surface area contributed by atoms with Crippen LogP contribution < -0.4 is 14.8 Å². The lowest BCUT2D eigenvalue weighted by molar-refractivity contribution is 0.174. The number of thiazole rings is 2. The smallest absolute Gasteiger partial charge is 0.231 e. The Morgan fingerprint density at radius 3 is 2.92 bits per heavy atom. The van der Waals surface area contributed by atoms with Gasteiger partial charge in [0.15, 0.2) is 21.8 Å². The minimum atomic E-state index is 0.276. The number of nitrogens with one attached hydrogen (secondary N) is 1. The Morgan fingerprint density at radius 1 is 1.08 bits per heavy atom. The number of benzene rings is 2. The van der Waals surface area contributed by atoms with Crippen LogP contribution in [0.3, 0.4) is 0 Å². The van der Waals surface area contributed by atoms with Gasteiger partial charge in [-0.05, 0) is 36.6 Å². The summed E-state index contributed by atoms with van der Waals surface area (Å²) in [6.07, 6.45) is 2.07.